The first-order valence-electron chi connectivity index (χ1n) is 6.21. The van der Waals surface area contributed by atoms with E-state index in [1.54, 1.807) is 20.4 Å². The molecule has 0 spiro atoms. The van der Waals surface area contributed by atoms with Gasteiger partial charge in [0.1, 0.15) is 11.5 Å². The van der Waals surface area contributed by atoms with E-state index >= 15 is 0 Å². The SMILES string of the molecule is COc1ccc(C(N)Cc2cncc(Br)c2)c(OC)c1. The number of hydrogen-bond acceptors (Lipinski definition) is 4. The van der Waals surface area contributed by atoms with Crippen molar-refractivity contribution in [3.63, 3.8) is 0 Å². The standard InChI is InChI=1S/C15H17BrN2O2/c1-19-12-3-4-13(15(7-12)20-2)14(17)6-10-5-11(16)9-18-8-10/h3-5,7-9,14H,6,17H2,1-2H3. The fourth-order valence-corrected chi connectivity index (χ4v) is 2.47. The number of aromatic nitrogens is 1. The van der Waals surface area contributed by atoms with Crippen molar-refractivity contribution in [1.82, 2.24) is 4.98 Å². The van der Waals surface area contributed by atoms with E-state index < -0.39 is 0 Å². The van der Waals surface area contributed by atoms with E-state index in [2.05, 4.69) is 20.9 Å². The predicted molar refractivity (Wildman–Crippen MR) is 82.1 cm³/mol. The summed E-state index contributed by atoms with van der Waals surface area (Å²) < 4.78 is 11.5. The van der Waals surface area contributed by atoms with Crippen LogP contribution in [0.2, 0.25) is 0 Å². The lowest BCUT2D eigenvalue weighted by Crippen LogP contribution is -2.14. The van der Waals surface area contributed by atoms with Gasteiger partial charge in [-0.15, -0.1) is 0 Å². The summed E-state index contributed by atoms with van der Waals surface area (Å²) in [6.07, 6.45) is 4.26. The van der Waals surface area contributed by atoms with Crippen LogP contribution in [-0.4, -0.2) is 19.2 Å². The van der Waals surface area contributed by atoms with Gasteiger partial charge in [0.05, 0.1) is 14.2 Å². The van der Waals surface area contributed by atoms with E-state index in [-0.39, 0.29) is 6.04 Å². The highest BCUT2D eigenvalue weighted by Crippen LogP contribution is 2.30. The zero-order valence-corrected chi connectivity index (χ0v) is 13.1. The first kappa shape index (κ1) is 14.8. The van der Waals surface area contributed by atoms with Crippen LogP contribution in [0.1, 0.15) is 17.2 Å². The molecule has 0 saturated heterocycles. The predicted octanol–water partition coefficient (Wildman–Crippen LogP) is 3.10. The molecule has 1 aromatic heterocycles. The first-order chi connectivity index (χ1) is 9.63. The third kappa shape index (κ3) is 3.49. The van der Waals surface area contributed by atoms with Crippen LogP contribution in [0.25, 0.3) is 0 Å². The van der Waals surface area contributed by atoms with Gasteiger partial charge in [-0.1, -0.05) is 6.07 Å². The smallest absolute Gasteiger partial charge is 0.127 e. The lowest BCUT2D eigenvalue weighted by atomic mass is 9.99. The number of halogens is 1. The largest absolute Gasteiger partial charge is 0.497 e. The Hall–Kier alpha value is -1.59. The molecule has 0 bridgehead atoms. The Labute approximate surface area is 127 Å². The summed E-state index contributed by atoms with van der Waals surface area (Å²) in [6.45, 7) is 0. The van der Waals surface area contributed by atoms with Crippen molar-refractivity contribution in [3.05, 3.63) is 52.3 Å². The van der Waals surface area contributed by atoms with Crippen molar-refractivity contribution < 1.29 is 9.47 Å². The molecular weight excluding hydrogens is 320 g/mol. The Morgan fingerprint density at radius 2 is 2.00 bits per heavy atom. The third-order valence-corrected chi connectivity index (χ3v) is 3.49. The molecule has 2 rings (SSSR count). The summed E-state index contributed by atoms with van der Waals surface area (Å²) in [5, 5.41) is 0. The van der Waals surface area contributed by atoms with Crippen molar-refractivity contribution in [2.24, 2.45) is 5.73 Å². The van der Waals surface area contributed by atoms with Crippen molar-refractivity contribution in [3.8, 4) is 11.5 Å². The van der Waals surface area contributed by atoms with Crippen molar-refractivity contribution >= 4 is 15.9 Å². The molecule has 0 radical (unpaired) electrons. The maximum Gasteiger partial charge on any atom is 0.127 e. The van der Waals surface area contributed by atoms with Crippen LogP contribution in [0.15, 0.2) is 41.1 Å². The van der Waals surface area contributed by atoms with E-state index in [1.165, 1.54) is 0 Å². The highest BCUT2D eigenvalue weighted by molar-refractivity contribution is 9.10. The fraction of sp³-hybridized carbons (Fsp3) is 0.267. The van der Waals surface area contributed by atoms with Crippen LogP contribution in [0, 0.1) is 0 Å². The summed E-state index contributed by atoms with van der Waals surface area (Å²) in [5.41, 5.74) is 8.31. The van der Waals surface area contributed by atoms with Crippen LogP contribution in [0.4, 0.5) is 0 Å². The maximum atomic E-state index is 6.28. The quantitative estimate of drug-likeness (QED) is 0.911. The van der Waals surface area contributed by atoms with Gasteiger partial charge in [-0.25, -0.2) is 0 Å². The Balaban J connectivity index is 2.22. The molecule has 0 aliphatic heterocycles. The molecule has 1 atom stereocenters. The summed E-state index contributed by atoms with van der Waals surface area (Å²) in [7, 11) is 3.26. The van der Waals surface area contributed by atoms with Gasteiger partial charge in [-0.05, 0) is 40.0 Å². The summed E-state index contributed by atoms with van der Waals surface area (Å²) in [6, 6.07) is 7.52. The Bertz CT molecular complexity index is 590. The van der Waals surface area contributed by atoms with Crippen LogP contribution in [-0.2, 0) is 6.42 Å². The summed E-state index contributed by atoms with van der Waals surface area (Å²) >= 11 is 3.41. The molecule has 5 heteroatoms. The second-order valence-corrected chi connectivity index (χ2v) is 5.35. The van der Waals surface area contributed by atoms with Crippen molar-refractivity contribution in [2.45, 2.75) is 12.5 Å². The van der Waals surface area contributed by atoms with Gasteiger partial charge in [-0.2, -0.15) is 0 Å². The third-order valence-electron chi connectivity index (χ3n) is 3.06. The van der Waals surface area contributed by atoms with E-state index in [0.717, 1.165) is 27.1 Å². The monoisotopic (exact) mass is 336 g/mol. The minimum absolute atomic E-state index is 0.160. The molecule has 2 N–H and O–H groups in total. The minimum atomic E-state index is -0.160. The van der Waals surface area contributed by atoms with E-state index in [4.69, 9.17) is 15.2 Å². The molecule has 2 aromatic rings. The lowest BCUT2D eigenvalue weighted by molar-refractivity contribution is 0.388. The number of benzene rings is 1. The number of pyridine rings is 1. The van der Waals surface area contributed by atoms with Crippen LogP contribution >= 0.6 is 15.9 Å². The fourth-order valence-electron chi connectivity index (χ4n) is 2.06. The van der Waals surface area contributed by atoms with Crippen LogP contribution in [0.5, 0.6) is 11.5 Å². The van der Waals surface area contributed by atoms with Crippen LogP contribution in [0.3, 0.4) is 0 Å². The normalized spacial score (nSPS) is 12.0. The second-order valence-electron chi connectivity index (χ2n) is 4.43. The molecule has 1 aromatic carbocycles. The Kier molecular flexibility index (Phi) is 4.98. The molecule has 0 aliphatic rings. The number of methoxy groups -OCH3 is 2. The summed E-state index contributed by atoms with van der Waals surface area (Å²) in [4.78, 5) is 4.15. The number of nitrogens with zero attached hydrogens (tertiary/aromatic N) is 1. The highest BCUT2D eigenvalue weighted by atomic mass is 79.9. The number of hydrogen-bond donors (Lipinski definition) is 1. The molecule has 106 valence electrons. The number of nitrogens with two attached hydrogens (primary N) is 1. The van der Waals surface area contributed by atoms with E-state index in [9.17, 15) is 0 Å². The zero-order valence-electron chi connectivity index (χ0n) is 11.5. The minimum Gasteiger partial charge on any atom is -0.497 e. The number of rotatable bonds is 5. The van der Waals surface area contributed by atoms with Gasteiger partial charge >= 0.3 is 0 Å². The second kappa shape index (κ2) is 6.72. The molecule has 0 saturated carbocycles. The highest BCUT2D eigenvalue weighted by Gasteiger charge is 2.14. The van der Waals surface area contributed by atoms with Crippen LogP contribution < -0.4 is 15.2 Å². The molecular formula is C15H17BrN2O2. The van der Waals surface area contributed by atoms with Gasteiger partial charge in [0.2, 0.25) is 0 Å². The first-order valence-corrected chi connectivity index (χ1v) is 7.00. The zero-order chi connectivity index (χ0) is 14.5. The molecule has 1 heterocycles. The molecule has 0 fully saturated rings. The van der Waals surface area contributed by atoms with Gasteiger partial charge in [0, 0.05) is 34.5 Å². The summed E-state index contributed by atoms with van der Waals surface area (Å²) in [5.74, 6) is 1.49. The van der Waals surface area contributed by atoms with E-state index in [1.807, 2.05) is 30.5 Å². The topological polar surface area (TPSA) is 57.4 Å². The number of ether oxygens (including phenoxy) is 2. The van der Waals surface area contributed by atoms with E-state index in [0.29, 0.717) is 6.42 Å². The average molecular weight is 337 g/mol. The van der Waals surface area contributed by atoms with Gasteiger partial charge in [0.15, 0.2) is 0 Å². The molecule has 20 heavy (non-hydrogen) atoms. The van der Waals surface area contributed by atoms with Crippen molar-refractivity contribution in [2.75, 3.05) is 14.2 Å². The Morgan fingerprint density at radius 1 is 1.20 bits per heavy atom. The average Bonchev–Trinajstić information content (AvgIpc) is 2.46. The maximum absolute atomic E-state index is 6.28. The van der Waals surface area contributed by atoms with Crippen molar-refractivity contribution in [1.29, 1.82) is 0 Å². The van der Waals surface area contributed by atoms with Gasteiger partial charge in [-0.3, -0.25) is 4.98 Å². The lowest BCUT2D eigenvalue weighted by Gasteiger charge is -2.16. The van der Waals surface area contributed by atoms with Gasteiger partial charge in [0.25, 0.3) is 0 Å². The Morgan fingerprint density at radius 3 is 2.65 bits per heavy atom. The molecule has 0 aliphatic carbocycles. The van der Waals surface area contributed by atoms with Gasteiger partial charge < -0.3 is 15.2 Å². The molecule has 0 amide bonds. The molecule has 4 nitrogen and oxygen atoms in total. The molecule has 1 unspecified atom stereocenters.